The number of aromatic nitrogens is 2. The Morgan fingerprint density at radius 3 is 2.96 bits per heavy atom. The highest BCUT2D eigenvalue weighted by molar-refractivity contribution is 14.0. The maximum absolute atomic E-state index is 5.29. The molecule has 1 aromatic carbocycles. The molecule has 2 aromatic rings. The van der Waals surface area contributed by atoms with Crippen LogP contribution in [-0.4, -0.2) is 47.4 Å². The van der Waals surface area contributed by atoms with Gasteiger partial charge in [-0.25, -0.2) is 4.99 Å². The SMILES string of the molecule is CCNC(=NCc1cccc(OC)c1)N1CCC(c2cnn(C)c2)C1.I. The van der Waals surface area contributed by atoms with Crippen LogP contribution in [0.4, 0.5) is 0 Å². The van der Waals surface area contributed by atoms with Crippen LogP contribution in [-0.2, 0) is 13.6 Å². The Labute approximate surface area is 172 Å². The van der Waals surface area contributed by atoms with Gasteiger partial charge in [-0.15, -0.1) is 24.0 Å². The van der Waals surface area contributed by atoms with Gasteiger partial charge in [0.15, 0.2) is 5.96 Å². The van der Waals surface area contributed by atoms with Crippen LogP contribution in [0.3, 0.4) is 0 Å². The number of rotatable bonds is 5. The number of guanidine groups is 1. The molecule has 1 fully saturated rings. The topological polar surface area (TPSA) is 54.7 Å². The van der Waals surface area contributed by atoms with Gasteiger partial charge in [0.2, 0.25) is 0 Å². The first-order valence-corrected chi connectivity index (χ1v) is 8.84. The molecule has 1 aromatic heterocycles. The molecule has 0 aliphatic carbocycles. The molecule has 0 radical (unpaired) electrons. The average Bonchev–Trinajstić information content (AvgIpc) is 3.28. The third kappa shape index (κ3) is 5.12. The zero-order chi connectivity index (χ0) is 17.6. The van der Waals surface area contributed by atoms with E-state index < -0.39 is 0 Å². The van der Waals surface area contributed by atoms with Crippen molar-refractivity contribution >= 4 is 29.9 Å². The monoisotopic (exact) mass is 469 g/mol. The lowest BCUT2D eigenvalue weighted by atomic mass is 10.0. The summed E-state index contributed by atoms with van der Waals surface area (Å²) in [7, 11) is 3.66. The van der Waals surface area contributed by atoms with Gasteiger partial charge in [0.05, 0.1) is 19.9 Å². The van der Waals surface area contributed by atoms with Crippen LogP contribution in [0, 0.1) is 0 Å². The van der Waals surface area contributed by atoms with E-state index >= 15 is 0 Å². The fourth-order valence-corrected chi connectivity index (χ4v) is 3.24. The molecule has 0 amide bonds. The van der Waals surface area contributed by atoms with Gasteiger partial charge in [0.1, 0.15) is 5.75 Å². The summed E-state index contributed by atoms with van der Waals surface area (Å²) in [5, 5.41) is 7.72. The van der Waals surface area contributed by atoms with Gasteiger partial charge < -0.3 is 15.0 Å². The molecule has 1 N–H and O–H groups in total. The minimum absolute atomic E-state index is 0. The second-order valence-electron chi connectivity index (χ2n) is 6.40. The van der Waals surface area contributed by atoms with E-state index in [0.29, 0.717) is 12.5 Å². The van der Waals surface area contributed by atoms with Crippen LogP contribution in [0.5, 0.6) is 5.75 Å². The number of aryl methyl sites for hydroxylation is 1. The molecular weight excluding hydrogens is 441 g/mol. The summed E-state index contributed by atoms with van der Waals surface area (Å²) >= 11 is 0. The van der Waals surface area contributed by atoms with E-state index in [2.05, 4.69) is 34.5 Å². The normalized spacial score (nSPS) is 17.1. The molecule has 1 unspecified atom stereocenters. The van der Waals surface area contributed by atoms with E-state index in [1.807, 2.05) is 36.1 Å². The third-order valence-electron chi connectivity index (χ3n) is 4.56. The predicted octanol–water partition coefficient (Wildman–Crippen LogP) is 3.00. The Bertz CT molecular complexity index is 730. The molecule has 1 atom stereocenters. The number of likely N-dealkylation sites (tertiary alicyclic amines) is 1. The summed E-state index contributed by atoms with van der Waals surface area (Å²) in [5.41, 5.74) is 2.46. The molecule has 0 bridgehead atoms. The first-order valence-electron chi connectivity index (χ1n) is 8.84. The quantitative estimate of drug-likeness (QED) is 0.416. The molecule has 1 aliphatic heterocycles. The summed E-state index contributed by atoms with van der Waals surface area (Å²) in [6.07, 6.45) is 5.23. The van der Waals surface area contributed by atoms with E-state index in [0.717, 1.165) is 43.3 Å². The Hall–Kier alpha value is -1.77. The summed E-state index contributed by atoms with van der Waals surface area (Å²) in [5.74, 6) is 2.38. The Balaban J connectivity index is 0.00000243. The van der Waals surface area contributed by atoms with Crippen LogP contribution < -0.4 is 10.1 Å². The Kier molecular flexibility index (Phi) is 7.74. The van der Waals surface area contributed by atoms with Crippen molar-refractivity contribution in [1.29, 1.82) is 0 Å². The smallest absolute Gasteiger partial charge is 0.194 e. The minimum atomic E-state index is 0. The molecule has 1 aliphatic rings. The highest BCUT2D eigenvalue weighted by Crippen LogP contribution is 2.26. The highest BCUT2D eigenvalue weighted by Gasteiger charge is 2.26. The summed E-state index contributed by atoms with van der Waals surface area (Å²) in [4.78, 5) is 7.18. The van der Waals surface area contributed by atoms with E-state index in [1.54, 1.807) is 7.11 Å². The van der Waals surface area contributed by atoms with Crippen molar-refractivity contribution < 1.29 is 4.74 Å². The Morgan fingerprint density at radius 1 is 1.42 bits per heavy atom. The second-order valence-corrected chi connectivity index (χ2v) is 6.40. The van der Waals surface area contributed by atoms with Crippen molar-refractivity contribution in [3.05, 3.63) is 47.8 Å². The van der Waals surface area contributed by atoms with Gasteiger partial charge in [0.25, 0.3) is 0 Å². The second kappa shape index (κ2) is 9.80. The predicted molar refractivity (Wildman–Crippen MR) is 115 cm³/mol. The van der Waals surface area contributed by atoms with Crippen molar-refractivity contribution in [2.45, 2.75) is 25.8 Å². The molecule has 2 heterocycles. The van der Waals surface area contributed by atoms with Crippen LogP contribution in [0.15, 0.2) is 41.7 Å². The van der Waals surface area contributed by atoms with Crippen molar-refractivity contribution in [3.63, 3.8) is 0 Å². The summed E-state index contributed by atoms with van der Waals surface area (Å²) in [6.45, 7) is 5.62. The maximum atomic E-state index is 5.29. The maximum Gasteiger partial charge on any atom is 0.194 e. The molecule has 26 heavy (non-hydrogen) atoms. The van der Waals surface area contributed by atoms with Crippen molar-refractivity contribution in [2.75, 3.05) is 26.7 Å². The largest absolute Gasteiger partial charge is 0.497 e. The van der Waals surface area contributed by atoms with E-state index in [4.69, 9.17) is 9.73 Å². The van der Waals surface area contributed by atoms with Crippen LogP contribution in [0.2, 0.25) is 0 Å². The van der Waals surface area contributed by atoms with Gasteiger partial charge in [-0.2, -0.15) is 5.10 Å². The van der Waals surface area contributed by atoms with E-state index in [9.17, 15) is 0 Å². The standard InChI is InChI=1S/C19H27N5O.HI/c1-4-20-19(21-11-15-6-5-7-18(10-15)25-3)24-9-8-16(14-24)17-12-22-23(2)13-17;/h5-7,10,12-13,16H,4,8-9,11,14H2,1-3H3,(H,20,21);1H. The number of hydrogen-bond acceptors (Lipinski definition) is 3. The summed E-state index contributed by atoms with van der Waals surface area (Å²) < 4.78 is 7.17. The van der Waals surface area contributed by atoms with Gasteiger partial charge >= 0.3 is 0 Å². The number of aliphatic imine (C=N–C) groups is 1. The molecular formula is C19H28IN5O. The lowest BCUT2D eigenvalue weighted by Crippen LogP contribution is -2.40. The average molecular weight is 469 g/mol. The molecule has 0 saturated carbocycles. The van der Waals surface area contributed by atoms with Gasteiger partial charge in [-0.05, 0) is 36.6 Å². The van der Waals surface area contributed by atoms with Gasteiger partial charge in [-0.1, -0.05) is 12.1 Å². The lowest BCUT2D eigenvalue weighted by Gasteiger charge is -2.21. The van der Waals surface area contributed by atoms with Crippen molar-refractivity contribution in [3.8, 4) is 5.75 Å². The first-order chi connectivity index (χ1) is 12.2. The van der Waals surface area contributed by atoms with Crippen LogP contribution in [0.1, 0.15) is 30.4 Å². The first kappa shape index (κ1) is 20.5. The highest BCUT2D eigenvalue weighted by atomic mass is 127. The number of methoxy groups -OCH3 is 1. The molecule has 3 rings (SSSR count). The molecule has 142 valence electrons. The molecule has 6 nitrogen and oxygen atoms in total. The van der Waals surface area contributed by atoms with E-state index in [-0.39, 0.29) is 24.0 Å². The third-order valence-corrected chi connectivity index (χ3v) is 4.56. The zero-order valence-corrected chi connectivity index (χ0v) is 18.0. The van der Waals surface area contributed by atoms with Crippen molar-refractivity contribution in [2.24, 2.45) is 12.0 Å². The van der Waals surface area contributed by atoms with Crippen LogP contribution in [0.25, 0.3) is 0 Å². The number of halogens is 1. The fraction of sp³-hybridized carbons (Fsp3) is 0.474. The fourth-order valence-electron chi connectivity index (χ4n) is 3.24. The number of benzene rings is 1. The van der Waals surface area contributed by atoms with Crippen molar-refractivity contribution in [1.82, 2.24) is 20.0 Å². The number of ether oxygens (including phenoxy) is 1. The zero-order valence-electron chi connectivity index (χ0n) is 15.7. The number of hydrogen-bond donors (Lipinski definition) is 1. The number of nitrogens with zero attached hydrogens (tertiary/aromatic N) is 4. The number of nitrogens with one attached hydrogen (secondary N) is 1. The van der Waals surface area contributed by atoms with Gasteiger partial charge in [0, 0.05) is 38.8 Å². The summed E-state index contributed by atoms with van der Waals surface area (Å²) in [6, 6.07) is 8.08. The minimum Gasteiger partial charge on any atom is -0.497 e. The lowest BCUT2D eigenvalue weighted by molar-refractivity contribution is 0.414. The molecule has 1 saturated heterocycles. The van der Waals surface area contributed by atoms with Crippen LogP contribution >= 0.6 is 24.0 Å². The molecule has 0 spiro atoms. The van der Waals surface area contributed by atoms with E-state index in [1.165, 1.54) is 5.56 Å². The molecule has 7 heteroatoms. The Morgan fingerprint density at radius 2 is 2.27 bits per heavy atom. The van der Waals surface area contributed by atoms with Gasteiger partial charge in [-0.3, -0.25) is 4.68 Å².